The lowest BCUT2D eigenvalue weighted by Crippen LogP contribution is -2.41. The van der Waals surface area contributed by atoms with Crippen molar-refractivity contribution in [2.75, 3.05) is 38.1 Å². The van der Waals surface area contributed by atoms with Gasteiger partial charge in [0.25, 0.3) is 0 Å². The third kappa shape index (κ3) is 4.81. The molecule has 1 saturated heterocycles. The van der Waals surface area contributed by atoms with E-state index < -0.39 is 0 Å². The average Bonchev–Trinajstić information content (AvgIpc) is 3.02. The molecule has 0 spiro atoms. The summed E-state index contributed by atoms with van der Waals surface area (Å²) < 4.78 is 0. The van der Waals surface area contributed by atoms with E-state index in [0.717, 1.165) is 24.2 Å². The first-order valence-corrected chi connectivity index (χ1v) is 8.87. The minimum Gasteiger partial charge on any atom is -0.342 e. The molecule has 6 heteroatoms. The van der Waals surface area contributed by atoms with Crippen molar-refractivity contribution >= 4 is 23.4 Å². The van der Waals surface area contributed by atoms with E-state index in [4.69, 9.17) is 0 Å². The van der Waals surface area contributed by atoms with Gasteiger partial charge in [-0.05, 0) is 38.0 Å². The van der Waals surface area contributed by atoms with Gasteiger partial charge in [0.15, 0.2) is 0 Å². The van der Waals surface area contributed by atoms with Crippen LogP contribution in [0.3, 0.4) is 0 Å². The van der Waals surface area contributed by atoms with Crippen molar-refractivity contribution in [1.82, 2.24) is 9.80 Å². The molecule has 3 amide bonds. The minimum absolute atomic E-state index is 0.0382. The van der Waals surface area contributed by atoms with Crippen molar-refractivity contribution < 1.29 is 14.4 Å². The number of hydrogen-bond donors (Lipinski definition) is 0. The van der Waals surface area contributed by atoms with Crippen molar-refractivity contribution in [1.29, 1.82) is 0 Å². The smallest absolute Gasteiger partial charge is 0.242 e. The molecule has 0 aromatic heterocycles. The molecule has 0 aliphatic carbocycles. The molecule has 6 nitrogen and oxygen atoms in total. The highest BCUT2D eigenvalue weighted by atomic mass is 16.2. The molecular formula is C19H27N3O3. The zero-order valence-corrected chi connectivity index (χ0v) is 15.3. The molecule has 25 heavy (non-hydrogen) atoms. The Morgan fingerprint density at radius 2 is 1.72 bits per heavy atom. The Bertz CT molecular complexity index is 623. The second-order valence-electron chi connectivity index (χ2n) is 6.31. The number of amides is 3. The molecular weight excluding hydrogens is 318 g/mol. The van der Waals surface area contributed by atoms with E-state index in [9.17, 15) is 14.4 Å². The van der Waals surface area contributed by atoms with E-state index in [-0.39, 0.29) is 30.7 Å². The van der Waals surface area contributed by atoms with E-state index in [1.165, 1.54) is 4.90 Å². The predicted octanol–water partition coefficient (Wildman–Crippen LogP) is 1.68. The van der Waals surface area contributed by atoms with Crippen molar-refractivity contribution in [3.8, 4) is 0 Å². The van der Waals surface area contributed by atoms with Crippen LogP contribution in [0.25, 0.3) is 0 Å². The molecule has 0 atom stereocenters. The number of benzene rings is 1. The predicted molar refractivity (Wildman–Crippen MR) is 97.3 cm³/mol. The lowest BCUT2D eigenvalue weighted by atomic mass is 10.1. The summed E-state index contributed by atoms with van der Waals surface area (Å²) in [6, 6.07) is 7.51. The Hall–Kier alpha value is -2.37. The summed E-state index contributed by atoms with van der Waals surface area (Å²) in [7, 11) is 1.65. The quantitative estimate of drug-likeness (QED) is 0.755. The van der Waals surface area contributed by atoms with E-state index in [0.29, 0.717) is 19.5 Å². The van der Waals surface area contributed by atoms with Crippen LogP contribution in [0.2, 0.25) is 0 Å². The van der Waals surface area contributed by atoms with Crippen LogP contribution in [0.5, 0.6) is 0 Å². The second kappa shape index (κ2) is 8.65. The summed E-state index contributed by atoms with van der Waals surface area (Å²) >= 11 is 0. The maximum absolute atomic E-state index is 12.3. The number of nitrogens with zero attached hydrogens (tertiary/aromatic N) is 3. The van der Waals surface area contributed by atoms with Gasteiger partial charge in [-0.15, -0.1) is 0 Å². The number of likely N-dealkylation sites (N-methyl/N-ethyl adjacent to an activating group) is 2. The number of carbonyl (C=O) groups is 3. The van der Waals surface area contributed by atoms with Gasteiger partial charge in [-0.3, -0.25) is 14.4 Å². The largest absolute Gasteiger partial charge is 0.342 e. The van der Waals surface area contributed by atoms with Gasteiger partial charge < -0.3 is 14.7 Å². The van der Waals surface area contributed by atoms with Crippen molar-refractivity contribution in [2.24, 2.45) is 0 Å². The second-order valence-corrected chi connectivity index (χ2v) is 6.31. The average molecular weight is 345 g/mol. The standard InChI is InChI=1S/C19H27N3O3/c1-4-21(5-2)19(25)14-20(3)18(24)13-15-8-10-16(11-9-15)22-12-6-7-17(22)23/h8-11H,4-7,12-14H2,1-3H3. The molecule has 0 bridgehead atoms. The number of carbonyl (C=O) groups excluding carboxylic acids is 3. The van der Waals surface area contributed by atoms with Gasteiger partial charge in [0.05, 0.1) is 13.0 Å². The van der Waals surface area contributed by atoms with Crippen molar-refractivity contribution in [3.05, 3.63) is 29.8 Å². The highest BCUT2D eigenvalue weighted by Crippen LogP contribution is 2.21. The molecule has 1 heterocycles. The van der Waals surface area contributed by atoms with Gasteiger partial charge in [0, 0.05) is 38.8 Å². The van der Waals surface area contributed by atoms with Gasteiger partial charge in [-0.2, -0.15) is 0 Å². The summed E-state index contributed by atoms with van der Waals surface area (Å²) in [5.41, 5.74) is 1.76. The highest BCUT2D eigenvalue weighted by Gasteiger charge is 2.22. The maximum atomic E-state index is 12.3. The maximum Gasteiger partial charge on any atom is 0.242 e. The van der Waals surface area contributed by atoms with Gasteiger partial charge in [0.1, 0.15) is 0 Å². The highest BCUT2D eigenvalue weighted by molar-refractivity contribution is 5.95. The third-order valence-electron chi connectivity index (χ3n) is 4.59. The van der Waals surface area contributed by atoms with Crippen LogP contribution >= 0.6 is 0 Å². The van der Waals surface area contributed by atoms with Crippen LogP contribution in [-0.4, -0.2) is 60.7 Å². The van der Waals surface area contributed by atoms with E-state index >= 15 is 0 Å². The topological polar surface area (TPSA) is 60.9 Å². The summed E-state index contributed by atoms with van der Waals surface area (Å²) in [4.78, 5) is 41.1. The lowest BCUT2D eigenvalue weighted by Gasteiger charge is -2.23. The fourth-order valence-corrected chi connectivity index (χ4v) is 2.99. The van der Waals surface area contributed by atoms with E-state index in [1.807, 2.05) is 38.1 Å². The van der Waals surface area contributed by atoms with Gasteiger partial charge in [0.2, 0.25) is 17.7 Å². The minimum atomic E-state index is -0.0921. The monoisotopic (exact) mass is 345 g/mol. The molecule has 1 aromatic rings. The lowest BCUT2D eigenvalue weighted by molar-refractivity contribution is -0.138. The van der Waals surface area contributed by atoms with Gasteiger partial charge in [-0.25, -0.2) is 0 Å². The van der Waals surface area contributed by atoms with Gasteiger partial charge >= 0.3 is 0 Å². The SMILES string of the molecule is CCN(CC)C(=O)CN(C)C(=O)Cc1ccc(N2CCCC2=O)cc1. The van der Waals surface area contributed by atoms with Crippen molar-refractivity contribution in [3.63, 3.8) is 0 Å². The van der Waals surface area contributed by atoms with Crippen molar-refractivity contribution in [2.45, 2.75) is 33.1 Å². The van der Waals surface area contributed by atoms with E-state index in [1.54, 1.807) is 16.8 Å². The Morgan fingerprint density at radius 3 is 2.24 bits per heavy atom. The number of hydrogen-bond acceptors (Lipinski definition) is 3. The molecule has 0 unspecified atom stereocenters. The van der Waals surface area contributed by atoms with Crippen LogP contribution in [0.15, 0.2) is 24.3 Å². The molecule has 1 aliphatic rings. The molecule has 0 N–H and O–H groups in total. The van der Waals surface area contributed by atoms with Crippen LogP contribution < -0.4 is 4.90 Å². The van der Waals surface area contributed by atoms with Crippen LogP contribution in [-0.2, 0) is 20.8 Å². The summed E-state index contributed by atoms with van der Waals surface area (Å²) in [5.74, 6) is 0.0210. The fourth-order valence-electron chi connectivity index (χ4n) is 2.99. The fraction of sp³-hybridized carbons (Fsp3) is 0.526. The summed E-state index contributed by atoms with van der Waals surface area (Å²) in [5, 5.41) is 0. The number of rotatable bonds is 7. The van der Waals surface area contributed by atoms with Crippen LogP contribution in [0.1, 0.15) is 32.3 Å². The zero-order chi connectivity index (χ0) is 18.4. The molecule has 0 radical (unpaired) electrons. The summed E-state index contributed by atoms with van der Waals surface area (Å²) in [6.07, 6.45) is 1.74. The first-order chi connectivity index (χ1) is 12.0. The first kappa shape index (κ1) is 19.0. The molecule has 2 rings (SSSR count). The molecule has 0 saturated carbocycles. The summed E-state index contributed by atoms with van der Waals surface area (Å²) in [6.45, 7) is 6.00. The Morgan fingerprint density at radius 1 is 1.08 bits per heavy atom. The van der Waals surface area contributed by atoms with Crippen LogP contribution in [0, 0.1) is 0 Å². The van der Waals surface area contributed by atoms with E-state index in [2.05, 4.69) is 0 Å². The molecule has 1 fully saturated rings. The third-order valence-corrected chi connectivity index (χ3v) is 4.59. The van der Waals surface area contributed by atoms with Crippen LogP contribution in [0.4, 0.5) is 5.69 Å². The molecule has 136 valence electrons. The van der Waals surface area contributed by atoms with Gasteiger partial charge in [-0.1, -0.05) is 12.1 Å². The number of anilines is 1. The Labute approximate surface area is 149 Å². The molecule has 1 aromatic carbocycles. The normalized spacial score (nSPS) is 13.9. The zero-order valence-electron chi connectivity index (χ0n) is 15.3. The molecule has 1 aliphatic heterocycles. The Kier molecular flexibility index (Phi) is 6.56. The Balaban J connectivity index is 1.91. The first-order valence-electron chi connectivity index (χ1n) is 8.87.